The van der Waals surface area contributed by atoms with Crippen molar-refractivity contribution in [2.24, 2.45) is 5.92 Å². The van der Waals surface area contributed by atoms with Crippen molar-refractivity contribution < 1.29 is 19.1 Å². The van der Waals surface area contributed by atoms with Crippen molar-refractivity contribution in [3.63, 3.8) is 0 Å². The van der Waals surface area contributed by atoms with Crippen LogP contribution in [0.5, 0.6) is 0 Å². The fourth-order valence-electron chi connectivity index (χ4n) is 1.08. The maximum Gasteiger partial charge on any atom is 0.320 e. The number of hydrogen-bond acceptors (Lipinski definition) is 4. The first-order valence-corrected chi connectivity index (χ1v) is 5.36. The van der Waals surface area contributed by atoms with Crippen LogP contribution in [0.2, 0.25) is 0 Å². The van der Waals surface area contributed by atoms with E-state index in [1.165, 1.54) is 0 Å². The highest BCUT2D eigenvalue weighted by molar-refractivity contribution is 5.95. The smallest absolute Gasteiger partial charge is 0.320 e. The van der Waals surface area contributed by atoms with Crippen LogP contribution in [0.25, 0.3) is 0 Å². The number of hydrogen-bond donors (Lipinski definition) is 0. The second-order valence-electron chi connectivity index (χ2n) is 2.95. The van der Waals surface area contributed by atoms with E-state index < -0.39 is 17.9 Å². The lowest BCUT2D eigenvalue weighted by Crippen LogP contribution is -2.27. The zero-order valence-electron chi connectivity index (χ0n) is 9.99. The molecule has 0 aromatic heterocycles. The maximum atomic E-state index is 11.5. The maximum absolute atomic E-state index is 11.5. The van der Waals surface area contributed by atoms with Crippen molar-refractivity contribution in [3.8, 4) is 0 Å². The van der Waals surface area contributed by atoms with Gasteiger partial charge in [0.15, 0.2) is 5.92 Å². The Kier molecular flexibility index (Phi) is 7.90. The van der Waals surface area contributed by atoms with Gasteiger partial charge in [-0.2, -0.15) is 0 Å². The summed E-state index contributed by atoms with van der Waals surface area (Å²) in [5.74, 6) is -1.97. The van der Waals surface area contributed by atoms with Crippen LogP contribution in [0.15, 0.2) is 17.9 Å². The number of esters is 2. The van der Waals surface area contributed by atoms with Crippen molar-refractivity contribution in [1.29, 1.82) is 0 Å². The first kappa shape index (κ1) is 14.5. The third kappa shape index (κ3) is 5.37. The molecule has 0 fully saturated rings. The molecular formula is C12H18O4. The highest BCUT2D eigenvalue weighted by Crippen LogP contribution is 2.09. The molecule has 0 radical (unpaired) electrons. The predicted molar refractivity (Wildman–Crippen MR) is 59.7 cm³/mol. The molecule has 0 aromatic rings. The largest absolute Gasteiger partial charge is 0.465 e. The van der Waals surface area contributed by atoms with Gasteiger partial charge >= 0.3 is 11.9 Å². The topological polar surface area (TPSA) is 52.6 Å². The monoisotopic (exact) mass is 226 g/mol. The van der Waals surface area contributed by atoms with Gasteiger partial charge in [0.25, 0.3) is 0 Å². The highest BCUT2D eigenvalue weighted by Gasteiger charge is 2.28. The molecule has 0 saturated carbocycles. The summed E-state index contributed by atoms with van der Waals surface area (Å²) in [7, 11) is 0. The third-order valence-corrected chi connectivity index (χ3v) is 1.78. The van der Waals surface area contributed by atoms with E-state index in [-0.39, 0.29) is 19.6 Å². The van der Waals surface area contributed by atoms with E-state index in [4.69, 9.17) is 9.47 Å². The van der Waals surface area contributed by atoms with Crippen LogP contribution in [0.1, 0.15) is 27.2 Å². The summed E-state index contributed by atoms with van der Waals surface area (Å²) >= 11 is 0. The molecule has 0 heterocycles. The van der Waals surface area contributed by atoms with E-state index in [1.54, 1.807) is 32.9 Å². The normalized spacial score (nSPS) is 9.25. The molecule has 0 spiro atoms. The van der Waals surface area contributed by atoms with E-state index >= 15 is 0 Å². The number of carbonyl (C=O) groups is 2. The van der Waals surface area contributed by atoms with Crippen LogP contribution < -0.4 is 0 Å². The molecule has 16 heavy (non-hydrogen) atoms. The molecule has 0 bridgehead atoms. The van der Waals surface area contributed by atoms with Crippen molar-refractivity contribution in [2.75, 3.05) is 13.2 Å². The van der Waals surface area contributed by atoms with Gasteiger partial charge in [0.1, 0.15) is 0 Å². The van der Waals surface area contributed by atoms with Gasteiger partial charge in [0.2, 0.25) is 0 Å². The van der Waals surface area contributed by atoms with Gasteiger partial charge in [-0.3, -0.25) is 9.59 Å². The second-order valence-corrected chi connectivity index (χ2v) is 2.95. The van der Waals surface area contributed by atoms with E-state index in [1.807, 2.05) is 0 Å². The molecule has 90 valence electrons. The van der Waals surface area contributed by atoms with Gasteiger partial charge in [0, 0.05) is 0 Å². The fraction of sp³-hybridized carbons (Fsp3) is 0.583. The lowest BCUT2D eigenvalue weighted by molar-refractivity contribution is -0.161. The Morgan fingerprint density at radius 2 is 1.69 bits per heavy atom. The summed E-state index contributed by atoms with van der Waals surface area (Å²) in [4.78, 5) is 22.9. The zero-order chi connectivity index (χ0) is 12.4. The summed E-state index contributed by atoms with van der Waals surface area (Å²) in [6.45, 7) is 5.70. The Balaban J connectivity index is 4.55. The van der Waals surface area contributed by atoms with Gasteiger partial charge in [-0.25, -0.2) is 0 Å². The number of ether oxygens (including phenoxy) is 2. The molecule has 0 unspecified atom stereocenters. The predicted octanol–water partition coefficient (Wildman–Crippen LogP) is 1.85. The Bertz CT molecular complexity index is 269. The molecule has 0 aliphatic rings. The first-order chi connectivity index (χ1) is 7.67. The van der Waals surface area contributed by atoms with Crippen LogP contribution in [0, 0.1) is 5.92 Å². The molecule has 0 N–H and O–H groups in total. The Labute approximate surface area is 95.9 Å². The summed E-state index contributed by atoms with van der Waals surface area (Å²) in [5.41, 5.74) is 2.81. The Hall–Kier alpha value is -1.54. The van der Waals surface area contributed by atoms with E-state index in [9.17, 15) is 9.59 Å². The molecule has 0 rings (SSSR count). The standard InChI is InChI=1S/C12H18O4/c1-4-7-8-9-10(11(13)15-5-2)12(14)16-6-3/h4,8,10H,5-6,9H2,1-3H3. The van der Waals surface area contributed by atoms with Crippen LogP contribution in [0.4, 0.5) is 0 Å². The highest BCUT2D eigenvalue weighted by atomic mass is 16.6. The molecule has 4 nitrogen and oxygen atoms in total. The quantitative estimate of drug-likeness (QED) is 0.394. The molecule has 0 aromatic carbocycles. The van der Waals surface area contributed by atoms with Gasteiger partial charge in [-0.1, -0.05) is 0 Å². The van der Waals surface area contributed by atoms with Crippen LogP contribution in [-0.4, -0.2) is 25.2 Å². The summed E-state index contributed by atoms with van der Waals surface area (Å²) in [5, 5.41) is 0. The minimum absolute atomic E-state index is 0.252. The lowest BCUT2D eigenvalue weighted by Gasteiger charge is -2.11. The van der Waals surface area contributed by atoms with Gasteiger partial charge in [0.05, 0.1) is 13.2 Å². The molecule has 0 atom stereocenters. The first-order valence-electron chi connectivity index (χ1n) is 5.36. The van der Waals surface area contributed by atoms with Crippen molar-refractivity contribution >= 4 is 11.9 Å². The zero-order valence-corrected chi connectivity index (χ0v) is 9.99. The molecule has 4 heteroatoms. The second kappa shape index (κ2) is 8.74. The number of allylic oxidation sites excluding steroid dienone is 1. The SMILES string of the molecule is CC=C=CCC(C(=O)OCC)C(=O)OCC. The lowest BCUT2D eigenvalue weighted by atomic mass is 10.1. The van der Waals surface area contributed by atoms with Gasteiger partial charge < -0.3 is 9.47 Å². The van der Waals surface area contributed by atoms with Crippen LogP contribution in [-0.2, 0) is 19.1 Å². The third-order valence-electron chi connectivity index (χ3n) is 1.78. The Morgan fingerprint density at radius 1 is 1.19 bits per heavy atom. The van der Waals surface area contributed by atoms with E-state index in [2.05, 4.69) is 5.73 Å². The van der Waals surface area contributed by atoms with Crippen LogP contribution in [0.3, 0.4) is 0 Å². The molecular weight excluding hydrogens is 208 g/mol. The summed E-state index contributed by atoms with van der Waals surface area (Å²) in [6.07, 6.45) is 3.58. The molecule has 0 aliphatic heterocycles. The molecule has 0 amide bonds. The Morgan fingerprint density at radius 3 is 2.06 bits per heavy atom. The van der Waals surface area contributed by atoms with Gasteiger partial charge in [-0.05, 0) is 39.3 Å². The van der Waals surface area contributed by atoms with Crippen molar-refractivity contribution in [2.45, 2.75) is 27.2 Å². The van der Waals surface area contributed by atoms with E-state index in [0.717, 1.165) is 0 Å². The molecule has 0 aliphatic carbocycles. The van der Waals surface area contributed by atoms with Crippen molar-refractivity contribution in [3.05, 3.63) is 17.9 Å². The number of carbonyl (C=O) groups excluding carboxylic acids is 2. The minimum Gasteiger partial charge on any atom is -0.465 e. The van der Waals surface area contributed by atoms with Gasteiger partial charge in [-0.15, -0.1) is 5.73 Å². The fourth-order valence-corrected chi connectivity index (χ4v) is 1.08. The average molecular weight is 226 g/mol. The van der Waals surface area contributed by atoms with Crippen molar-refractivity contribution in [1.82, 2.24) is 0 Å². The van der Waals surface area contributed by atoms with Crippen LogP contribution >= 0.6 is 0 Å². The summed E-state index contributed by atoms with van der Waals surface area (Å²) in [6, 6.07) is 0. The summed E-state index contributed by atoms with van der Waals surface area (Å²) < 4.78 is 9.61. The molecule has 0 saturated heterocycles. The average Bonchev–Trinajstić information content (AvgIpc) is 2.25. The minimum atomic E-state index is -0.882. The van der Waals surface area contributed by atoms with E-state index in [0.29, 0.717) is 0 Å². The number of rotatable bonds is 6.